The number of rotatable bonds is 2. The summed E-state index contributed by atoms with van der Waals surface area (Å²) in [6.45, 7) is 2.30. The maximum absolute atomic E-state index is 13.7. The molecule has 0 radical (unpaired) electrons. The number of para-hydroxylation sites is 1. The van der Waals surface area contributed by atoms with Crippen LogP contribution < -0.4 is 5.32 Å². The molecular formula is C24H20FN3O2. The molecule has 6 heteroatoms. The second kappa shape index (κ2) is 6.76. The summed E-state index contributed by atoms with van der Waals surface area (Å²) in [6.07, 6.45) is 3.73. The van der Waals surface area contributed by atoms with Crippen molar-refractivity contribution in [1.29, 1.82) is 0 Å². The van der Waals surface area contributed by atoms with Gasteiger partial charge in [-0.25, -0.2) is 4.39 Å². The third-order valence-electron chi connectivity index (χ3n) is 6.16. The quantitative estimate of drug-likeness (QED) is 0.706. The van der Waals surface area contributed by atoms with E-state index in [1.807, 2.05) is 31.2 Å². The predicted octanol–water partition coefficient (Wildman–Crippen LogP) is 4.01. The number of nitrogens with zero attached hydrogens (tertiary/aromatic N) is 2. The topological polar surface area (TPSA) is 62.3 Å². The van der Waals surface area contributed by atoms with E-state index in [0.29, 0.717) is 18.5 Å². The zero-order chi connectivity index (χ0) is 20.9. The van der Waals surface area contributed by atoms with Crippen LogP contribution in [-0.2, 0) is 10.2 Å². The molecule has 2 amide bonds. The molecule has 0 aliphatic carbocycles. The lowest BCUT2D eigenvalue weighted by molar-refractivity contribution is -0.121. The van der Waals surface area contributed by atoms with Gasteiger partial charge in [-0.15, -0.1) is 0 Å². The van der Waals surface area contributed by atoms with E-state index in [9.17, 15) is 14.0 Å². The van der Waals surface area contributed by atoms with Gasteiger partial charge in [0, 0.05) is 24.6 Å². The van der Waals surface area contributed by atoms with Crippen LogP contribution in [0.15, 0.2) is 67.0 Å². The number of nitrogens with one attached hydrogen (secondary N) is 1. The van der Waals surface area contributed by atoms with Gasteiger partial charge in [0.15, 0.2) is 0 Å². The number of fused-ring (bicyclic) bond motifs is 2. The Labute approximate surface area is 173 Å². The zero-order valence-corrected chi connectivity index (χ0v) is 16.4. The smallest absolute Gasteiger partial charge is 0.255 e. The van der Waals surface area contributed by atoms with Gasteiger partial charge >= 0.3 is 0 Å². The first-order valence-corrected chi connectivity index (χ1v) is 9.90. The van der Waals surface area contributed by atoms with Gasteiger partial charge in [0.05, 0.1) is 11.6 Å². The minimum atomic E-state index is -0.915. The van der Waals surface area contributed by atoms with E-state index in [4.69, 9.17) is 0 Å². The van der Waals surface area contributed by atoms with Crippen molar-refractivity contribution < 1.29 is 14.0 Å². The second-order valence-corrected chi connectivity index (χ2v) is 7.92. The number of carbonyl (C=O) groups excluding carboxylic acids is 2. The number of anilines is 1. The Hall–Kier alpha value is -3.54. The molecule has 30 heavy (non-hydrogen) atoms. The van der Waals surface area contributed by atoms with Gasteiger partial charge in [-0.3, -0.25) is 14.6 Å². The summed E-state index contributed by atoms with van der Waals surface area (Å²) in [5, 5.41) is 2.99. The molecule has 0 saturated carbocycles. The van der Waals surface area contributed by atoms with E-state index >= 15 is 0 Å². The van der Waals surface area contributed by atoms with Crippen LogP contribution in [0, 0.1) is 12.7 Å². The van der Waals surface area contributed by atoms with Crippen LogP contribution in [0.2, 0.25) is 0 Å². The van der Waals surface area contributed by atoms with Crippen molar-refractivity contribution >= 4 is 17.5 Å². The van der Waals surface area contributed by atoms with E-state index in [2.05, 4.69) is 10.3 Å². The van der Waals surface area contributed by atoms with E-state index < -0.39 is 11.5 Å². The van der Waals surface area contributed by atoms with Gasteiger partial charge in [0.1, 0.15) is 11.2 Å². The normalized spacial score (nSPS) is 22.3. The van der Waals surface area contributed by atoms with Gasteiger partial charge in [0.2, 0.25) is 5.91 Å². The standard InChI is InChI=1S/C24H20FN3O2/c1-15-12-17(14-26-13-15)22(29)28-11-10-24(21(28)16-6-8-18(25)9-7-16)19-4-2-3-5-20(19)27-23(24)30/h2-9,12-14,21H,10-11H2,1H3,(H,27,30). The number of carbonyl (C=O) groups is 2. The van der Waals surface area contributed by atoms with Crippen LogP contribution in [0.4, 0.5) is 10.1 Å². The molecule has 2 atom stereocenters. The first-order chi connectivity index (χ1) is 14.5. The van der Waals surface area contributed by atoms with Crippen molar-refractivity contribution in [2.24, 2.45) is 0 Å². The molecule has 2 aliphatic heterocycles. The molecule has 1 aromatic heterocycles. The third-order valence-corrected chi connectivity index (χ3v) is 6.16. The van der Waals surface area contributed by atoms with E-state index in [1.165, 1.54) is 12.1 Å². The lowest BCUT2D eigenvalue weighted by Gasteiger charge is -2.34. The van der Waals surface area contributed by atoms with Crippen molar-refractivity contribution in [2.45, 2.75) is 24.8 Å². The van der Waals surface area contributed by atoms with Crippen LogP contribution in [-0.4, -0.2) is 28.2 Å². The van der Waals surface area contributed by atoms with E-state index in [1.54, 1.807) is 35.5 Å². The highest BCUT2D eigenvalue weighted by Crippen LogP contribution is 2.54. The first-order valence-electron chi connectivity index (χ1n) is 9.90. The van der Waals surface area contributed by atoms with E-state index in [0.717, 1.165) is 22.4 Å². The molecule has 5 nitrogen and oxygen atoms in total. The van der Waals surface area contributed by atoms with Crippen LogP contribution >= 0.6 is 0 Å². The first kappa shape index (κ1) is 18.5. The predicted molar refractivity (Wildman–Crippen MR) is 111 cm³/mol. The van der Waals surface area contributed by atoms with Crippen LogP contribution in [0.25, 0.3) is 0 Å². The summed E-state index contributed by atoms with van der Waals surface area (Å²) in [7, 11) is 0. The molecule has 0 bridgehead atoms. The lowest BCUT2D eigenvalue weighted by atomic mass is 9.72. The molecule has 5 rings (SSSR count). The van der Waals surface area contributed by atoms with Gasteiger partial charge in [0.25, 0.3) is 5.91 Å². The summed E-state index contributed by atoms with van der Waals surface area (Å²) >= 11 is 0. The highest BCUT2D eigenvalue weighted by molar-refractivity contribution is 6.08. The number of hydrogen-bond donors (Lipinski definition) is 1. The molecule has 1 fully saturated rings. The average Bonchev–Trinajstić information content (AvgIpc) is 3.28. The Morgan fingerprint density at radius 3 is 2.70 bits per heavy atom. The number of hydrogen-bond acceptors (Lipinski definition) is 3. The fraction of sp³-hybridized carbons (Fsp3) is 0.208. The molecule has 2 unspecified atom stereocenters. The molecule has 1 saturated heterocycles. The number of aromatic nitrogens is 1. The van der Waals surface area contributed by atoms with Crippen molar-refractivity contribution in [3.63, 3.8) is 0 Å². The van der Waals surface area contributed by atoms with Crippen LogP contribution in [0.3, 0.4) is 0 Å². The largest absolute Gasteiger partial charge is 0.330 e. The van der Waals surface area contributed by atoms with Crippen molar-refractivity contribution in [1.82, 2.24) is 9.88 Å². The summed E-state index contributed by atoms with van der Waals surface area (Å²) in [6, 6.07) is 14.9. The summed E-state index contributed by atoms with van der Waals surface area (Å²) < 4.78 is 13.7. The number of amides is 2. The molecule has 2 aromatic carbocycles. The Balaban J connectivity index is 1.67. The Bertz CT molecular complexity index is 1160. The lowest BCUT2D eigenvalue weighted by Crippen LogP contribution is -2.42. The summed E-state index contributed by atoms with van der Waals surface area (Å²) in [5.41, 5.74) is 2.82. The van der Waals surface area contributed by atoms with Crippen molar-refractivity contribution in [3.05, 3.63) is 95.1 Å². The summed E-state index contributed by atoms with van der Waals surface area (Å²) in [5.74, 6) is -0.673. The highest BCUT2D eigenvalue weighted by Gasteiger charge is 2.59. The minimum Gasteiger partial charge on any atom is -0.330 e. The van der Waals surface area contributed by atoms with Crippen molar-refractivity contribution in [2.75, 3.05) is 11.9 Å². The van der Waals surface area contributed by atoms with Gasteiger partial charge in [-0.1, -0.05) is 30.3 Å². The summed E-state index contributed by atoms with van der Waals surface area (Å²) in [4.78, 5) is 32.7. The monoisotopic (exact) mass is 401 g/mol. The van der Waals surface area contributed by atoms with Crippen LogP contribution in [0.1, 0.15) is 39.5 Å². The molecular weight excluding hydrogens is 381 g/mol. The highest BCUT2D eigenvalue weighted by atomic mass is 19.1. The molecule has 2 aliphatic rings. The van der Waals surface area contributed by atoms with Crippen LogP contribution in [0.5, 0.6) is 0 Å². The van der Waals surface area contributed by atoms with Gasteiger partial charge in [-0.2, -0.15) is 0 Å². The molecule has 3 heterocycles. The number of halogens is 1. The maximum Gasteiger partial charge on any atom is 0.255 e. The number of benzene rings is 2. The minimum absolute atomic E-state index is 0.129. The fourth-order valence-electron chi connectivity index (χ4n) is 4.85. The Morgan fingerprint density at radius 1 is 1.17 bits per heavy atom. The number of pyridine rings is 1. The van der Waals surface area contributed by atoms with Crippen molar-refractivity contribution in [3.8, 4) is 0 Å². The molecule has 1 spiro atoms. The number of likely N-dealkylation sites (tertiary alicyclic amines) is 1. The maximum atomic E-state index is 13.7. The van der Waals surface area contributed by atoms with Gasteiger partial charge in [-0.05, 0) is 54.3 Å². The fourth-order valence-corrected chi connectivity index (χ4v) is 4.85. The SMILES string of the molecule is Cc1cncc(C(=O)N2CCC3(C(=O)Nc4ccccc43)C2c2ccc(F)cc2)c1. The Kier molecular flexibility index (Phi) is 4.17. The number of aryl methyl sites for hydroxylation is 1. The average molecular weight is 401 g/mol. The molecule has 150 valence electrons. The molecule has 3 aromatic rings. The third kappa shape index (κ3) is 2.64. The molecule has 1 N–H and O–H groups in total. The zero-order valence-electron chi connectivity index (χ0n) is 16.4. The Morgan fingerprint density at radius 2 is 1.93 bits per heavy atom. The van der Waals surface area contributed by atoms with Gasteiger partial charge < -0.3 is 10.2 Å². The second-order valence-electron chi connectivity index (χ2n) is 7.92. The van der Waals surface area contributed by atoms with E-state index in [-0.39, 0.29) is 17.6 Å².